The van der Waals surface area contributed by atoms with Gasteiger partial charge in [0.15, 0.2) is 0 Å². The third-order valence-corrected chi connectivity index (χ3v) is 5.06. The molecule has 0 unspecified atom stereocenters. The van der Waals surface area contributed by atoms with Crippen LogP contribution in [0.5, 0.6) is 0 Å². The Balaban J connectivity index is 1.67. The number of piperidine rings is 1. The number of hydrogen-bond donors (Lipinski definition) is 0. The van der Waals surface area contributed by atoms with E-state index in [1.165, 1.54) is 0 Å². The van der Waals surface area contributed by atoms with Crippen molar-refractivity contribution in [3.63, 3.8) is 0 Å². The summed E-state index contributed by atoms with van der Waals surface area (Å²) in [6.07, 6.45) is 9.19. The number of aromatic nitrogens is 1. The Morgan fingerprint density at radius 1 is 1.30 bits per heavy atom. The normalized spacial score (nSPS) is 21.8. The number of rotatable bonds is 4. The summed E-state index contributed by atoms with van der Waals surface area (Å²) in [5.74, 6) is 0.356. The van der Waals surface area contributed by atoms with E-state index in [-0.39, 0.29) is 17.9 Å². The zero-order chi connectivity index (χ0) is 16.2. The molecular weight excluding hydrogens is 290 g/mol. The monoisotopic (exact) mass is 315 g/mol. The quantitative estimate of drug-likeness (QED) is 0.857. The molecule has 2 aliphatic heterocycles. The maximum atomic E-state index is 12.9. The molecule has 2 saturated heterocycles. The maximum absolute atomic E-state index is 12.9. The second kappa shape index (κ2) is 7.11. The Kier molecular flexibility index (Phi) is 4.94. The average molecular weight is 315 g/mol. The van der Waals surface area contributed by atoms with Crippen LogP contribution in [-0.4, -0.2) is 52.3 Å². The van der Waals surface area contributed by atoms with Crippen LogP contribution in [0.2, 0.25) is 0 Å². The maximum Gasteiger partial charge on any atom is 0.255 e. The summed E-state index contributed by atoms with van der Waals surface area (Å²) >= 11 is 0. The lowest BCUT2D eigenvalue weighted by molar-refractivity contribution is -0.127. The molecule has 0 radical (unpaired) electrons. The number of hydrogen-bond acceptors (Lipinski definition) is 3. The van der Waals surface area contributed by atoms with Crippen LogP contribution in [-0.2, 0) is 4.79 Å². The second-order valence-corrected chi connectivity index (χ2v) is 6.61. The Morgan fingerprint density at radius 3 is 2.91 bits per heavy atom. The number of nitrogens with zero attached hydrogens (tertiary/aromatic N) is 3. The molecule has 0 aliphatic carbocycles. The van der Waals surface area contributed by atoms with Crippen LogP contribution >= 0.6 is 0 Å². The van der Waals surface area contributed by atoms with E-state index >= 15 is 0 Å². The minimum absolute atomic E-state index is 0.0908. The summed E-state index contributed by atoms with van der Waals surface area (Å²) in [4.78, 5) is 32.7. The van der Waals surface area contributed by atoms with Crippen LogP contribution in [0.15, 0.2) is 18.5 Å². The van der Waals surface area contributed by atoms with Gasteiger partial charge >= 0.3 is 0 Å². The number of pyridine rings is 1. The van der Waals surface area contributed by atoms with E-state index < -0.39 is 0 Å². The van der Waals surface area contributed by atoms with Gasteiger partial charge in [-0.15, -0.1) is 0 Å². The molecule has 124 valence electrons. The van der Waals surface area contributed by atoms with Crippen molar-refractivity contribution < 1.29 is 9.59 Å². The minimum atomic E-state index is 0.0908. The lowest BCUT2D eigenvalue weighted by Crippen LogP contribution is -2.45. The van der Waals surface area contributed by atoms with E-state index in [4.69, 9.17) is 0 Å². The molecule has 5 nitrogen and oxygen atoms in total. The molecule has 5 heteroatoms. The first-order valence-electron chi connectivity index (χ1n) is 8.66. The van der Waals surface area contributed by atoms with Crippen molar-refractivity contribution in [3.05, 3.63) is 29.6 Å². The van der Waals surface area contributed by atoms with Gasteiger partial charge in [0.25, 0.3) is 5.91 Å². The number of carbonyl (C=O) groups excluding carboxylic acids is 2. The third kappa shape index (κ3) is 3.54. The minimum Gasteiger partial charge on any atom is -0.343 e. The third-order valence-electron chi connectivity index (χ3n) is 5.06. The van der Waals surface area contributed by atoms with Gasteiger partial charge in [-0.05, 0) is 50.7 Å². The van der Waals surface area contributed by atoms with E-state index in [1.807, 2.05) is 22.8 Å². The molecule has 23 heavy (non-hydrogen) atoms. The Morgan fingerprint density at radius 2 is 2.17 bits per heavy atom. The molecular formula is C18H25N3O2. The molecule has 1 aromatic rings. The standard InChI is InChI=1S/C18H25N3O2/c1-14-7-9-19-13-16(14)18(23)21-11-3-2-5-15(21)8-12-20-10-4-6-17(20)22/h7,9,13,15H,2-6,8,10-12H2,1H3/t15-/m1/s1. The number of carbonyl (C=O) groups is 2. The summed E-state index contributed by atoms with van der Waals surface area (Å²) in [5.41, 5.74) is 1.68. The fourth-order valence-electron chi connectivity index (χ4n) is 3.66. The molecule has 0 N–H and O–H groups in total. The molecule has 3 rings (SSSR count). The van der Waals surface area contributed by atoms with Crippen molar-refractivity contribution in [2.75, 3.05) is 19.6 Å². The Bertz CT molecular complexity index is 587. The van der Waals surface area contributed by atoms with Crippen molar-refractivity contribution in [1.29, 1.82) is 0 Å². The van der Waals surface area contributed by atoms with Crippen LogP contribution in [0, 0.1) is 6.92 Å². The van der Waals surface area contributed by atoms with E-state index in [1.54, 1.807) is 12.4 Å². The highest BCUT2D eigenvalue weighted by Crippen LogP contribution is 2.24. The number of likely N-dealkylation sites (tertiary alicyclic amines) is 2. The van der Waals surface area contributed by atoms with Gasteiger partial charge in [0, 0.05) is 44.5 Å². The lowest BCUT2D eigenvalue weighted by Gasteiger charge is -2.37. The Hall–Kier alpha value is -1.91. The van der Waals surface area contributed by atoms with Gasteiger partial charge in [0.1, 0.15) is 0 Å². The van der Waals surface area contributed by atoms with Crippen molar-refractivity contribution in [1.82, 2.24) is 14.8 Å². The first kappa shape index (κ1) is 16.0. The highest BCUT2D eigenvalue weighted by atomic mass is 16.2. The van der Waals surface area contributed by atoms with Crippen molar-refractivity contribution in [2.24, 2.45) is 0 Å². The second-order valence-electron chi connectivity index (χ2n) is 6.61. The van der Waals surface area contributed by atoms with Gasteiger partial charge in [-0.2, -0.15) is 0 Å². The number of aryl methyl sites for hydroxylation is 1. The zero-order valence-electron chi connectivity index (χ0n) is 13.8. The van der Waals surface area contributed by atoms with Crippen LogP contribution < -0.4 is 0 Å². The molecule has 2 amide bonds. The van der Waals surface area contributed by atoms with Gasteiger partial charge < -0.3 is 9.80 Å². The summed E-state index contributed by atoms with van der Waals surface area (Å²) in [5, 5.41) is 0. The molecule has 2 aliphatic rings. The average Bonchev–Trinajstić information content (AvgIpc) is 2.98. The van der Waals surface area contributed by atoms with Crippen LogP contribution in [0.1, 0.15) is 54.4 Å². The largest absolute Gasteiger partial charge is 0.343 e. The molecule has 3 heterocycles. The van der Waals surface area contributed by atoms with Gasteiger partial charge in [-0.3, -0.25) is 14.6 Å². The molecule has 0 aromatic carbocycles. The van der Waals surface area contributed by atoms with E-state index in [2.05, 4.69) is 4.98 Å². The highest BCUT2D eigenvalue weighted by Gasteiger charge is 2.29. The Labute approximate surface area is 137 Å². The van der Waals surface area contributed by atoms with Crippen molar-refractivity contribution >= 4 is 11.8 Å². The predicted octanol–water partition coefficient (Wildman–Crippen LogP) is 2.40. The first-order valence-corrected chi connectivity index (χ1v) is 8.66. The fourth-order valence-corrected chi connectivity index (χ4v) is 3.66. The molecule has 2 fully saturated rings. The van der Waals surface area contributed by atoms with E-state index in [0.29, 0.717) is 12.0 Å². The molecule has 1 aromatic heterocycles. The summed E-state index contributed by atoms with van der Waals surface area (Å²) in [6, 6.07) is 2.12. The van der Waals surface area contributed by atoms with E-state index in [0.717, 1.165) is 57.3 Å². The smallest absolute Gasteiger partial charge is 0.255 e. The predicted molar refractivity (Wildman–Crippen MR) is 88.1 cm³/mol. The summed E-state index contributed by atoms with van der Waals surface area (Å²) in [7, 11) is 0. The van der Waals surface area contributed by atoms with Crippen LogP contribution in [0.4, 0.5) is 0 Å². The number of amides is 2. The highest BCUT2D eigenvalue weighted by molar-refractivity contribution is 5.95. The van der Waals surface area contributed by atoms with Gasteiger partial charge in [0.2, 0.25) is 5.91 Å². The lowest BCUT2D eigenvalue weighted by atomic mass is 9.97. The topological polar surface area (TPSA) is 53.5 Å². The SMILES string of the molecule is Cc1ccncc1C(=O)N1CCCC[C@@H]1CCN1CCCC1=O. The van der Waals surface area contributed by atoms with Gasteiger partial charge in [-0.1, -0.05) is 0 Å². The molecule has 0 saturated carbocycles. The van der Waals surface area contributed by atoms with Crippen LogP contribution in [0.25, 0.3) is 0 Å². The van der Waals surface area contributed by atoms with Gasteiger partial charge in [0.05, 0.1) is 5.56 Å². The fraction of sp³-hybridized carbons (Fsp3) is 0.611. The molecule has 1 atom stereocenters. The van der Waals surface area contributed by atoms with E-state index in [9.17, 15) is 9.59 Å². The molecule has 0 bridgehead atoms. The zero-order valence-corrected chi connectivity index (χ0v) is 13.8. The first-order chi connectivity index (χ1) is 11.2. The van der Waals surface area contributed by atoms with Gasteiger partial charge in [-0.25, -0.2) is 0 Å². The van der Waals surface area contributed by atoms with Crippen LogP contribution in [0.3, 0.4) is 0 Å². The van der Waals surface area contributed by atoms with Crippen molar-refractivity contribution in [3.8, 4) is 0 Å². The summed E-state index contributed by atoms with van der Waals surface area (Å²) in [6.45, 7) is 4.42. The van der Waals surface area contributed by atoms with Crippen molar-refractivity contribution in [2.45, 2.75) is 51.5 Å². The summed E-state index contributed by atoms with van der Waals surface area (Å²) < 4.78 is 0. The molecule has 0 spiro atoms.